The molecule has 0 unspecified atom stereocenters. The molecule has 0 atom stereocenters. The van der Waals surface area contributed by atoms with Crippen LogP contribution >= 0.6 is 0 Å². The smallest absolute Gasteiger partial charge is 0.309 e. The Balaban J connectivity index is 2.50. The third kappa shape index (κ3) is 2.71. The first-order chi connectivity index (χ1) is 8.56. The summed E-state index contributed by atoms with van der Waals surface area (Å²) in [5.74, 6) is -1.26. The van der Waals surface area contributed by atoms with E-state index in [1.165, 1.54) is 12.1 Å². The maximum atomic E-state index is 12.9. The molecule has 18 heavy (non-hydrogen) atoms. The third-order valence-corrected chi connectivity index (χ3v) is 2.58. The van der Waals surface area contributed by atoms with Crippen molar-refractivity contribution in [3.8, 4) is 11.1 Å². The van der Waals surface area contributed by atoms with Crippen molar-refractivity contribution in [2.45, 2.75) is 13.3 Å². The zero-order chi connectivity index (χ0) is 13.1. The molecule has 1 aromatic carbocycles. The summed E-state index contributed by atoms with van der Waals surface area (Å²) in [6.45, 7) is 1.88. The van der Waals surface area contributed by atoms with Crippen molar-refractivity contribution in [3.63, 3.8) is 0 Å². The standard InChI is InChI=1S/C14H12FNO2/c1-9-6-12(10-2-4-11(15)5-3-10)13(16-8-9)7-14(17)18/h2-6,8H,7H2,1H3,(H,17,18). The van der Waals surface area contributed by atoms with Crippen molar-refractivity contribution in [2.75, 3.05) is 0 Å². The topological polar surface area (TPSA) is 50.2 Å². The van der Waals surface area contributed by atoms with E-state index in [0.717, 1.165) is 16.7 Å². The van der Waals surface area contributed by atoms with Crippen LogP contribution < -0.4 is 0 Å². The molecule has 1 aromatic heterocycles. The Bertz CT molecular complexity index is 579. The number of rotatable bonds is 3. The van der Waals surface area contributed by atoms with Gasteiger partial charge in [0.1, 0.15) is 5.82 Å². The number of aryl methyl sites for hydroxylation is 1. The van der Waals surface area contributed by atoms with Crippen molar-refractivity contribution in [1.82, 2.24) is 4.98 Å². The molecule has 2 aromatic rings. The first kappa shape index (κ1) is 12.2. The van der Waals surface area contributed by atoms with Gasteiger partial charge in [-0.2, -0.15) is 0 Å². The highest BCUT2D eigenvalue weighted by atomic mass is 19.1. The number of carboxylic acid groups (broad SMARTS) is 1. The fourth-order valence-electron chi connectivity index (χ4n) is 1.76. The molecule has 0 radical (unpaired) electrons. The van der Waals surface area contributed by atoms with Gasteiger partial charge in [0.25, 0.3) is 0 Å². The first-order valence-corrected chi connectivity index (χ1v) is 5.49. The molecule has 4 heteroatoms. The number of carboxylic acids is 1. The van der Waals surface area contributed by atoms with Gasteiger partial charge in [-0.05, 0) is 36.2 Å². The first-order valence-electron chi connectivity index (χ1n) is 5.49. The highest BCUT2D eigenvalue weighted by molar-refractivity contribution is 5.75. The highest BCUT2D eigenvalue weighted by Crippen LogP contribution is 2.24. The minimum Gasteiger partial charge on any atom is -0.481 e. The lowest BCUT2D eigenvalue weighted by molar-refractivity contribution is -0.136. The van der Waals surface area contributed by atoms with Crippen LogP contribution in [0, 0.1) is 12.7 Å². The number of carbonyl (C=O) groups is 1. The van der Waals surface area contributed by atoms with Crippen molar-refractivity contribution in [3.05, 3.63) is 53.6 Å². The maximum absolute atomic E-state index is 12.9. The van der Waals surface area contributed by atoms with Gasteiger partial charge in [0.2, 0.25) is 0 Å². The van der Waals surface area contributed by atoms with E-state index in [4.69, 9.17) is 5.11 Å². The number of hydrogen-bond donors (Lipinski definition) is 1. The lowest BCUT2D eigenvalue weighted by atomic mass is 10.0. The lowest BCUT2D eigenvalue weighted by Crippen LogP contribution is -2.04. The van der Waals surface area contributed by atoms with Crippen LogP contribution in [0.15, 0.2) is 36.5 Å². The summed E-state index contributed by atoms with van der Waals surface area (Å²) < 4.78 is 12.9. The molecular weight excluding hydrogens is 233 g/mol. The summed E-state index contributed by atoms with van der Waals surface area (Å²) >= 11 is 0. The Morgan fingerprint density at radius 2 is 2.00 bits per heavy atom. The van der Waals surface area contributed by atoms with Crippen molar-refractivity contribution in [1.29, 1.82) is 0 Å². The lowest BCUT2D eigenvalue weighted by Gasteiger charge is -2.08. The zero-order valence-electron chi connectivity index (χ0n) is 9.85. The van der Waals surface area contributed by atoms with Gasteiger partial charge >= 0.3 is 5.97 Å². The normalized spacial score (nSPS) is 10.3. The number of aromatic nitrogens is 1. The third-order valence-electron chi connectivity index (χ3n) is 2.58. The predicted molar refractivity (Wildman–Crippen MR) is 65.7 cm³/mol. The van der Waals surface area contributed by atoms with E-state index in [1.54, 1.807) is 18.3 Å². The Hall–Kier alpha value is -2.23. The van der Waals surface area contributed by atoms with E-state index >= 15 is 0 Å². The summed E-state index contributed by atoms with van der Waals surface area (Å²) in [5, 5.41) is 8.85. The van der Waals surface area contributed by atoms with Gasteiger partial charge in [-0.25, -0.2) is 4.39 Å². The summed E-state index contributed by atoms with van der Waals surface area (Å²) in [7, 11) is 0. The average Bonchev–Trinajstić information content (AvgIpc) is 2.32. The predicted octanol–water partition coefficient (Wildman–Crippen LogP) is 2.82. The average molecular weight is 245 g/mol. The molecule has 0 bridgehead atoms. The molecule has 3 nitrogen and oxygen atoms in total. The van der Waals surface area contributed by atoms with Gasteiger partial charge in [-0.15, -0.1) is 0 Å². The minimum atomic E-state index is -0.935. The number of halogens is 1. The van der Waals surface area contributed by atoms with E-state index in [2.05, 4.69) is 4.98 Å². The monoisotopic (exact) mass is 245 g/mol. The van der Waals surface area contributed by atoms with E-state index in [-0.39, 0.29) is 12.2 Å². The highest BCUT2D eigenvalue weighted by Gasteiger charge is 2.10. The number of hydrogen-bond acceptors (Lipinski definition) is 2. The number of aliphatic carboxylic acids is 1. The molecule has 1 heterocycles. The van der Waals surface area contributed by atoms with Crippen LogP contribution in [-0.4, -0.2) is 16.1 Å². The molecule has 0 aliphatic heterocycles. The van der Waals surface area contributed by atoms with Crippen LogP contribution in [0.1, 0.15) is 11.3 Å². The second kappa shape index (κ2) is 4.96. The van der Waals surface area contributed by atoms with Gasteiger partial charge in [0, 0.05) is 11.8 Å². The second-order valence-corrected chi connectivity index (χ2v) is 4.08. The van der Waals surface area contributed by atoms with Crippen LogP contribution in [0.5, 0.6) is 0 Å². The second-order valence-electron chi connectivity index (χ2n) is 4.08. The van der Waals surface area contributed by atoms with Crippen molar-refractivity contribution in [2.24, 2.45) is 0 Å². The molecule has 0 saturated heterocycles. The van der Waals surface area contributed by atoms with E-state index in [0.29, 0.717) is 5.69 Å². The molecule has 1 N–H and O–H groups in total. The number of nitrogens with zero attached hydrogens (tertiary/aromatic N) is 1. The maximum Gasteiger partial charge on any atom is 0.309 e. The molecule has 0 amide bonds. The molecule has 2 rings (SSSR count). The van der Waals surface area contributed by atoms with Crippen LogP contribution in [0.25, 0.3) is 11.1 Å². The Labute approximate surface area is 104 Å². The Morgan fingerprint density at radius 3 is 2.61 bits per heavy atom. The molecule has 0 fully saturated rings. The number of pyridine rings is 1. The molecule has 0 spiro atoms. The van der Waals surface area contributed by atoms with Gasteiger partial charge in [0.15, 0.2) is 0 Å². The van der Waals surface area contributed by atoms with Crippen molar-refractivity contribution >= 4 is 5.97 Å². The molecular formula is C14H12FNO2. The summed E-state index contributed by atoms with van der Waals surface area (Å²) in [4.78, 5) is 14.9. The summed E-state index contributed by atoms with van der Waals surface area (Å²) in [6, 6.07) is 7.80. The van der Waals surface area contributed by atoms with Crippen LogP contribution in [-0.2, 0) is 11.2 Å². The van der Waals surface area contributed by atoms with E-state index < -0.39 is 5.97 Å². The van der Waals surface area contributed by atoms with E-state index in [9.17, 15) is 9.18 Å². The Kier molecular flexibility index (Phi) is 3.37. The van der Waals surface area contributed by atoms with Gasteiger partial charge < -0.3 is 5.11 Å². The largest absolute Gasteiger partial charge is 0.481 e. The van der Waals surface area contributed by atoms with Gasteiger partial charge in [0.05, 0.1) is 12.1 Å². The van der Waals surface area contributed by atoms with Crippen LogP contribution in [0.4, 0.5) is 4.39 Å². The molecule has 92 valence electrons. The molecule has 0 aliphatic carbocycles. The summed E-state index contributed by atoms with van der Waals surface area (Å²) in [5.41, 5.74) is 2.92. The van der Waals surface area contributed by atoms with Crippen LogP contribution in [0.3, 0.4) is 0 Å². The van der Waals surface area contributed by atoms with Crippen molar-refractivity contribution < 1.29 is 14.3 Å². The fraction of sp³-hybridized carbons (Fsp3) is 0.143. The Morgan fingerprint density at radius 1 is 1.33 bits per heavy atom. The van der Waals surface area contributed by atoms with Crippen LogP contribution in [0.2, 0.25) is 0 Å². The fourth-order valence-corrected chi connectivity index (χ4v) is 1.76. The van der Waals surface area contributed by atoms with Gasteiger partial charge in [-0.1, -0.05) is 12.1 Å². The SMILES string of the molecule is Cc1cnc(CC(=O)O)c(-c2ccc(F)cc2)c1. The summed E-state index contributed by atoms with van der Waals surface area (Å²) in [6.07, 6.45) is 1.48. The molecule has 0 saturated carbocycles. The number of benzene rings is 1. The molecule has 0 aliphatic rings. The zero-order valence-corrected chi connectivity index (χ0v) is 9.85. The van der Waals surface area contributed by atoms with Gasteiger partial charge in [-0.3, -0.25) is 9.78 Å². The quantitative estimate of drug-likeness (QED) is 0.904. The van der Waals surface area contributed by atoms with E-state index in [1.807, 2.05) is 13.0 Å². The minimum absolute atomic E-state index is 0.146.